The lowest BCUT2D eigenvalue weighted by molar-refractivity contribution is -0.384. The number of hydrogen-bond acceptors (Lipinski definition) is 4. The monoisotopic (exact) mass is 288 g/mol. The summed E-state index contributed by atoms with van der Waals surface area (Å²) in [6.07, 6.45) is 0. The Hall–Kier alpha value is -2.96. The van der Waals surface area contributed by atoms with E-state index in [4.69, 9.17) is 5.11 Å². The molecule has 0 amide bonds. The minimum absolute atomic E-state index is 0.0397. The van der Waals surface area contributed by atoms with Crippen LogP contribution in [-0.2, 0) is 6.54 Å². The number of hydrogen-bond donors (Lipinski definition) is 1. The highest BCUT2D eigenvalue weighted by Gasteiger charge is 2.13. The second-order valence-electron chi connectivity index (χ2n) is 4.51. The number of carboxylic acid groups (broad SMARTS) is 1. The first-order chi connectivity index (χ1) is 9.90. The number of non-ortho nitro benzene ring substituents is 1. The molecule has 1 aromatic carbocycles. The average molecular weight is 288 g/mol. The molecule has 0 bridgehead atoms. The van der Waals surface area contributed by atoms with Crippen molar-refractivity contribution >= 4 is 11.7 Å². The van der Waals surface area contributed by atoms with Crippen LogP contribution in [0.25, 0.3) is 0 Å². The largest absolute Gasteiger partial charge is 0.477 e. The summed E-state index contributed by atoms with van der Waals surface area (Å²) in [6, 6.07) is 8.59. The molecular weight excluding hydrogens is 276 g/mol. The van der Waals surface area contributed by atoms with Crippen LogP contribution in [0.5, 0.6) is 0 Å². The SMILES string of the molecule is Cc1ccc(C(=O)O)c(=O)n1Cc1ccc([N+](=O)[O-])cc1. The number of carboxylic acids is 1. The van der Waals surface area contributed by atoms with E-state index in [2.05, 4.69) is 0 Å². The molecule has 0 spiro atoms. The van der Waals surface area contributed by atoms with Gasteiger partial charge in [0.2, 0.25) is 0 Å². The Morgan fingerprint density at radius 3 is 2.38 bits per heavy atom. The van der Waals surface area contributed by atoms with E-state index in [-0.39, 0.29) is 17.8 Å². The van der Waals surface area contributed by atoms with Gasteiger partial charge in [0, 0.05) is 17.8 Å². The molecule has 0 aliphatic heterocycles. The van der Waals surface area contributed by atoms with E-state index in [0.717, 1.165) is 0 Å². The topological polar surface area (TPSA) is 102 Å². The highest BCUT2D eigenvalue weighted by Crippen LogP contribution is 2.13. The standard InChI is InChI=1S/C14H12N2O5/c1-9-2-7-12(14(18)19)13(17)15(9)8-10-3-5-11(6-4-10)16(20)21/h2-7H,8H2,1H3,(H,18,19). The average Bonchev–Trinajstić information content (AvgIpc) is 2.43. The van der Waals surface area contributed by atoms with E-state index in [1.807, 2.05) is 0 Å². The van der Waals surface area contributed by atoms with Crippen LogP contribution in [-0.4, -0.2) is 20.6 Å². The first-order valence-electron chi connectivity index (χ1n) is 6.07. The lowest BCUT2D eigenvalue weighted by Gasteiger charge is -2.10. The molecule has 2 rings (SSSR count). The van der Waals surface area contributed by atoms with Crippen LogP contribution < -0.4 is 5.56 Å². The molecule has 108 valence electrons. The Morgan fingerprint density at radius 2 is 1.86 bits per heavy atom. The van der Waals surface area contributed by atoms with Gasteiger partial charge in [0.1, 0.15) is 5.56 Å². The van der Waals surface area contributed by atoms with Gasteiger partial charge in [-0.15, -0.1) is 0 Å². The summed E-state index contributed by atoms with van der Waals surface area (Å²) >= 11 is 0. The molecule has 0 fully saturated rings. The van der Waals surface area contributed by atoms with E-state index in [1.165, 1.54) is 34.9 Å². The number of aromatic carboxylic acids is 1. The number of rotatable bonds is 4. The number of aromatic nitrogens is 1. The molecule has 0 unspecified atom stereocenters. The van der Waals surface area contributed by atoms with Crippen molar-refractivity contribution in [3.63, 3.8) is 0 Å². The summed E-state index contributed by atoms with van der Waals surface area (Å²) < 4.78 is 1.32. The third-order valence-electron chi connectivity index (χ3n) is 3.11. The Labute approximate surface area is 119 Å². The summed E-state index contributed by atoms with van der Waals surface area (Å²) in [5.74, 6) is -1.28. The van der Waals surface area contributed by atoms with Crippen molar-refractivity contribution in [1.82, 2.24) is 4.57 Å². The van der Waals surface area contributed by atoms with Crippen LogP contribution >= 0.6 is 0 Å². The van der Waals surface area contributed by atoms with Crippen LogP contribution in [0.2, 0.25) is 0 Å². The zero-order chi connectivity index (χ0) is 15.6. The molecule has 0 aliphatic carbocycles. The molecule has 0 saturated heterocycles. The molecule has 0 aliphatic rings. The first kappa shape index (κ1) is 14.4. The molecule has 1 aromatic heterocycles. The van der Waals surface area contributed by atoms with Gasteiger partial charge in [0.05, 0.1) is 11.5 Å². The molecule has 0 saturated carbocycles. The van der Waals surface area contributed by atoms with E-state index in [0.29, 0.717) is 11.3 Å². The fourth-order valence-electron chi connectivity index (χ4n) is 1.94. The maximum absolute atomic E-state index is 12.1. The zero-order valence-electron chi connectivity index (χ0n) is 11.1. The Morgan fingerprint density at radius 1 is 1.24 bits per heavy atom. The molecule has 1 heterocycles. The van der Waals surface area contributed by atoms with E-state index >= 15 is 0 Å². The van der Waals surface area contributed by atoms with Crippen molar-refractivity contribution in [1.29, 1.82) is 0 Å². The number of nitrogens with zero attached hydrogens (tertiary/aromatic N) is 2. The van der Waals surface area contributed by atoms with Crippen molar-refractivity contribution in [2.24, 2.45) is 0 Å². The smallest absolute Gasteiger partial charge is 0.341 e. The second kappa shape index (κ2) is 5.58. The third-order valence-corrected chi connectivity index (χ3v) is 3.11. The van der Waals surface area contributed by atoms with Crippen LogP contribution in [0, 0.1) is 17.0 Å². The van der Waals surface area contributed by atoms with E-state index in [1.54, 1.807) is 13.0 Å². The number of aryl methyl sites for hydroxylation is 1. The van der Waals surface area contributed by atoms with Gasteiger partial charge in [-0.05, 0) is 24.6 Å². The Bertz CT molecular complexity index is 762. The summed E-state index contributed by atoms with van der Waals surface area (Å²) in [4.78, 5) is 33.1. The fraction of sp³-hybridized carbons (Fsp3) is 0.143. The van der Waals surface area contributed by atoms with Crippen molar-refractivity contribution in [3.8, 4) is 0 Å². The molecule has 7 heteroatoms. The quantitative estimate of drug-likeness (QED) is 0.682. The highest BCUT2D eigenvalue weighted by molar-refractivity contribution is 5.87. The fourth-order valence-corrected chi connectivity index (χ4v) is 1.94. The predicted molar refractivity (Wildman–Crippen MR) is 74.6 cm³/mol. The zero-order valence-corrected chi connectivity index (χ0v) is 11.1. The lowest BCUT2D eigenvalue weighted by Crippen LogP contribution is -2.28. The molecular formula is C14H12N2O5. The lowest BCUT2D eigenvalue weighted by atomic mass is 10.2. The van der Waals surface area contributed by atoms with Gasteiger partial charge in [0.15, 0.2) is 0 Å². The molecule has 7 nitrogen and oxygen atoms in total. The minimum atomic E-state index is -1.28. The minimum Gasteiger partial charge on any atom is -0.477 e. The maximum Gasteiger partial charge on any atom is 0.341 e. The van der Waals surface area contributed by atoms with Crippen molar-refractivity contribution < 1.29 is 14.8 Å². The van der Waals surface area contributed by atoms with Gasteiger partial charge >= 0.3 is 5.97 Å². The number of carbonyl (C=O) groups is 1. The van der Waals surface area contributed by atoms with Crippen LogP contribution in [0.3, 0.4) is 0 Å². The van der Waals surface area contributed by atoms with Crippen molar-refractivity contribution in [3.05, 3.63) is 73.7 Å². The second-order valence-corrected chi connectivity index (χ2v) is 4.51. The number of nitro benzene ring substituents is 1. The summed E-state index contributed by atoms with van der Waals surface area (Å²) in [7, 11) is 0. The van der Waals surface area contributed by atoms with Gasteiger partial charge in [-0.3, -0.25) is 14.9 Å². The van der Waals surface area contributed by atoms with E-state index in [9.17, 15) is 19.7 Å². The van der Waals surface area contributed by atoms with Gasteiger partial charge < -0.3 is 9.67 Å². The van der Waals surface area contributed by atoms with E-state index < -0.39 is 16.5 Å². The van der Waals surface area contributed by atoms with Crippen molar-refractivity contribution in [2.75, 3.05) is 0 Å². The highest BCUT2D eigenvalue weighted by atomic mass is 16.6. The number of pyridine rings is 1. The molecule has 0 atom stereocenters. The third kappa shape index (κ3) is 2.97. The summed E-state index contributed by atoms with van der Waals surface area (Å²) in [6.45, 7) is 1.85. The summed E-state index contributed by atoms with van der Waals surface area (Å²) in [5, 5.41) is 19.5. The number of benzene rings is 1. The summed E-state index contributed by atoms with van der Waals surface area (Å²) in [5.41, 5.74) is 0.349. The molecule has 2 aromatic rings. The normalized spacial score (nSPS) is 10.3. The predicted octanol–water partition coefficient (Wildman–Crippen LogP) is 1.81. The molecule has 0 radical (unpaired) electrons. The van der Waals surface area contributed by atoms with Gasteiger partial charge in [-0.25, -0.2) is 4.79 Å². The Balaban J connectivity index is 2.39. The number of nitro groups is 1. The van der Waals surface area contributed by atoms with Gasteiger partial charge in [0.25, 0.3) is 11.2 Å². The maximum atomic E-state index is 12.1. The van der Waals surface area contributed by atoms with Crippen LogP contribution in [0.1, 0.15) is 21.6 Å². The first-order valence-corrected chi connectivity index (χ1v) is 6.07. The van der Waals surface area contributed by atoms with Crippen LogP contribution in [0.4, 0.5) is 5.69 Å². The Kier molecular flexibility index (Phi) is 3.84. The van der Waals surface area contributed by atoms with Gasteiger partial charge in [-0.2, -0.15) is 0 Å². The molecule has 1 N–H and O–H groups in total. The van der Waals surface area contributed by atoms with Crippen LogP contribution in [0.15, 0.2) is 41.2 Å². The van der Waals surface area contributed by atoms with Gasteiger partial charge in [-0.1, -0.05) is 12.1 Å². The van der Waals surface area contributed by atoms with Crippen molar-refractivity contribution in [2.45, 2.75) is 13.5 Å². The molecule has 21 heavy (non-hydrogen) atoms.